The Morgan fingerprint density at radius 1 is 0.870 bits per heavy atom. The van der Waals surface area contributed by atoms with Gasteiger partial charge < -0.3 is 20.4 Å². The molecule has 3 atom stereocenters. The number of fused-ring (bicyclic) bond motifs is 1. The number of H-pyrrole nitrogens is 2. The van der Waals surface area contributed by atoms with Crippen LogP contribution in [0.25, 0.3) is 44.4 Å². The van der Waals surface area contributed by atoms with Gasteiger partial charge in [-0.1, -0.05) is 48.5 Å². The summed E-state index contributed by atoms with van der Waals surface area (Å²) in [5.41, 5.74) is 11.9. The summed E-state index contributed by atoms with van der Waals surface area (Å²) in [7, 11) is 2.17. The first-order chi connectivity index (χ1) is 22.1. The molecule has 4 heterocycles. The van der Waals surface area contributed by atoms with Gasteiger partial charge in [-0.2, -0.15) is 0 Å². The number of rotatable bonds is 6. The fourth-order valence-corrected chi connectivity index (χ4v) is 6.87. The molecular weight excluding hydrogens is 574 g/mol. The van der Waals surface area contributed by atoms with E-state index in [0.717, 1.165) is 64.7 Å². The van der Waals surface area contributed by atoms with Crippen LogP contribution in [0, 0.1) is 5.92 Å². The highest BCUT2D eigenvalue weighted by atomic mass is 16.6. The van der Waals surface area contributed by atoms with Crippen LogP contribution in [0.2, 0.25) is 0 Å². The van der Waals surface area contributed by atoms with Crippen LogP contribution < -0.4 is 5.73 Å². The van der Waals surface area contributed by atoms with Crippen LogP contribution in [0.5, 0.6) is 0 Å². The third kappa shape index (κ3) is 6.04. The lowest BCUT2D eigenvalue weighted by Crippen LogP contribution is -2.37. The Balaban J connectivity index is 1.07. The summed E-state index contributed by atoms with van der Waals surface area (Å²) in [5, 5.41) is 2.39. The molecule has 46 heavy (non-hydrogen) atoms. The number of nitrogens with zero attached hydrogens (tertiary/aromatic N) is 4. The molecular formula is C37H43N7O2. The van der Waals surface area contributed by atoms with E-state index in [9.17, 15) is 4.79 Å². The number of nitrogens with one attached hydrogen (secondary N) is 2. The second-order valence-corrected chi connectivity index (χ2v) is 13.8. The van der Waals surface area contributed by atoms with E-state index in [4.69, 9.17) is 15.5 Å². The molecule has 0 saturated carbocycles. The van der Waals surface area contributed by atoms with Gasteiger partial charge in [0.25, 0.3) is 0 Å². The standard InChI is InChI=1S/C37H43N7O2/c1-37(2,3)46-36(45)44-22-23(19-38)16-33(44)35-40-20-30(41-35)25-9-7-24(8-10-25)26-11-12-28-18-29(14-13-27(28)17-26)31-21-39-34(42-31)32-6-5-15-43(32)4/h7-14,17-18,20-21,23,32-33H,5-6,15-16,19,22,38H2,1-4H3,(H,39,42)(H,40,41)/t23-,32+,33+/m1/s1. The van der Waals surface area contributed by atoms with E-state index in [-0.39, 0.29) is 18.1 Å². The summed E-state index contributed by atoms with van der Waals surface area (Å²) in [4.78, 5) is 33.6. The van der Waals surface area contributed by atoms with E-state index in [0.29, 0.717) is 19.1 Å². The SMILES string of the molecule is CN1CCC[C@H]1c1ncc(-c2ccc3cc(-c4ccc(-c5cnc([C@@H]6C[C@H](CN)CN6C(=O)OC(C)(C)C)[nH]5)cc4)ccc3c2)[nH]1. The fraction of sp³-hybridized carbons (Fsp3) is 0.378. The zero-order chi connectivity index (χ0) is 32.0. The van der Waals surface area contributed by atoms with Gasteiger partial charge in [0.2, 0.25) is 0 Å². The van der Waals surface area contributed by atoms with Gasteiger partial charge >= 0.3 is 6.09 Å². The first kappa shape index (κ1) is 30.2. The van der Waals surface area contributed by atoms with E-state index < -0.39 is 5.60 Å². The number of ether oxygens (including phenoxy) is 1. The quantitative estimate of drug-likeness (QED) is 0.184. The van der Waals surface area contributed by atoms with Crippen LogP contribution in [-0.4, -0.2) is 68.1 Å². The molecule has 2 aliphatic rings. The predicted molar refractivity (Wildman–Crippen MR) is 182 cm³/mol. The fourth-order valence-electron chi connectivity index (χ4n) is 6.87. The monoisotopic (exact) mass is 617 g/mol. The average Bonchev–Trinajstić information content (AvgIpc) is 3.86. The van der Waals surface area contributed by atoms with Crippen molar-refractivity contribution in [2.45, 2.75) is 57.7 Å². The smallest absolute Gasteiger partial charge is 0.410 e. The Bertz CT molecular complexity index is 1850. The van der Waals surface area contributed by atoms with Crippen molar-refractivity contribution in [3.8, 4) is 33.6 Å². The number of amides is 1. The normalized spacial score (nSPS) is 20.5. The second kappa shape index (κ2) is 12.0. The molecule has 2 aliphatic heterocycles. The Morgan fingerprint density at radius 3 is 2.09 bits per heavy atom. The summed E-state index contributed by atoms with van der Waals surface area (Å²) in [6, 6.07) is 21.9. The molecule has 0 radical (unpaired) electrons. The summed E-state index contributed by atoms with van der Waals surface area (Å²) in [5.74, 6) is 2.02. The molecule has 0 unspecified atom stereocenters. The van der Waals surface area contributed by atoms with Crippen molar-refractivity contribution in [1.29, 1.82) is 0 Å². The minimum Gasteiger partial charge on any atom is -0.444 e. The van der Waals surface area contributed by atoms with Crippen LogP contribution in [0.15, 0.2) is 73.1 Å². The van der Waals surface area contributed by atoms with Crippen LogP contribution in [0.4, 0.5) is 4.79 Å². The molecule has 0 aliphatic carbocycles. The van der Waals surface area contributed by atoms with Gasteiger partial charge in [-0.05, 0) is 106 Å². The molecule has 0 spiro atoms. The summed E-state index contributed by atoms with van der Waals surface area (Å²) < 4.78 is 5.69. The lowest BCUT2D eigenvalue weighted by molar-refractivity contribution is 0.0214. The molecule has 4 N–H and O–H groups in total. The first-order valence-corrected chi connectivity index (χ1v) is 16.3. The number of imidazole rings is 2. The number of hydrogen-bond donors (Lipinski definition) is 3. The summed E-state index contributed by atoms with van der Waals surface area (Å²) in [6.07, 6.45) is 6.60. The van der Waals surface area contributed by atoms with Crippen LogP contribution in [0.3, 0.4) is 0 Å². The number of aromatic amines is 2. The minimum atomic E-state index is -0.566. The first-order valence-electron chi connectivity index (χ1n) is 16.3. The Labute approximate surface area is 270 Å². The van der Waals surface area contributed by atoms with Crippen LogP contribution >= 0.6 is 0 Å². The molecule has 3 aromatic carbocycles. The van der Waals surface area contributed by atoms with Gasteiger partial charge in [0.1, 0.15) is 17.2 Å². The molecule has 9 nitrogen and oxygen atoms in total. The summed E-state index contributed by atoms with van der Waals surface area (Å²) >= 11 is 0. The van der Waals surface area contributed by atoms with Gasteiger partial charge in [-0.3, -0.25) is 9.80 Å². The number of nitrogens with two attached hydrogens (primary N) is 1. The molecule has 2 fully saturated rings. The Morgan fingerprint density at radius 2 is 1.46 bits per heavy atom. The van der Waals surface area contributed by atoms with Gasteiger partial charge in [-0.25, -0.2) is 14.8 Å². The van der Waals surface area contributed by atoms with Crippen molar-refractivity contribution >= 4 is 16.9 Å². The maximum atomic E-state index is 13.0. The molecule has 7 rings (SSSR count). The van der Waals surface area contributed by atoms with Crippen molar-refractivity contribution in [3.05, 3.63) is 84.7 Å². The molecule has 2 saturated heterocycles. The highest BCUT2D eigenvalue weighted by Crippen LogP contribution is 2.36. The van der Waals surface area contributed by atoms with E-state index in [1.54, 1.807) is 4.90 Å². The van der Waals surface area contributed by atoms with Gasteiger partial charge in [0.05, 0.1) is 35.9 Å². The summed E-state index contributed by atoms with van der Waals surface area (Å²) in [6.45, 7) is 7.85. The number of aromatic nitrogens is 4. The minimum absolute atomic E-state index is 0.196. The van der Waals surface area contributed by atoms with Crippen LogP contribution in [0.1, 0.15) is 63.8 Å². The Hall–Kier alpha value is -4.47. The van der Waals surface area contributed by atoms with Gasteiger partial charge in [0, 0.05) is 12.1 Å². The van der Waals surface area contributed by atoms with Crippen molar-refractivity contribution < 1.29 is 9.53 Å². The van der Waals surface area contributed by atoms with Crippen molar-refractivity contribution in [2.24, 2.45) is 11.7 Å². The molecule has 1 amide bonds. The van der Waals surface area contributed by atoms with Crippen molar-refractivity contribution in [1.82, 2.24) is 29.7 Å². The molecule has 9 heteroatoms. The topological polar surface area (TPSA) is 116 Å². The van der Waals surface area contributed by atoms with Gasteiger partial charge in [-0.15, -0.1) is 0 Å². The number of likely N-dealkylation sites (tertiary alicyclic amines) is 2. The zero-order valence-electron chi connectivity index (χ0n) is 27.1. The molecule has 0 bridgehead atoms. The number of benzene rings is 3. The molecule has 5 aromatic rings. The zero-order valence-corrected chi connectivity index (χ0v) is 27.1. The number of carbonyl (C=O) groups is 1. The predicted octanol–water partition coefficient (Wildman–Crippen LogP) is 7.31. The van der Waals surface area contributed by atoms with Crippen molar-refractivity contribution in [2.75, 3.05) is 26.7 Å². The number of hydrogen-bond acceptors (Lipinski definition) is 6. The van der Waals surface area contributed by atoms with Gasteiger partial charge in [0.15, 0.2) is 0 Å². The van der Waals surface area contributed by atoms with Crippen molar-refractivity contribution in [3.63, 3.8) is 0 Å². The highest BCUT2D eigenvalue weighted by molar-refractivity contribution is 5.90. The average molecular weight is 618 g/mol. The second-order valence-electron chi connectivity index (χ2n) is 13.8. The third-order valence-electron chi connectivity index (χ3n) is 9.37. The van der Waals surface area contributed by atoms with E-state index in [1.165, 1.54) is 17.2 Å². The van der Waals surface area contributed by atoms with Crippen LogP contribution in [-0.2, 0) is 4.74 Å². The lowest BCUT2D eigenvalue weighted by atomic mass is 9.98. The highest BCUT2D eigenvalue weighted by Gasteiger charge is 2.39. The van der Waals surface area contributed by atoms with E-state index in [2.05, 4.69) is 87.6 Å². The molecule has 2 aromatic heterocycles. The lowest BCUT2D eigenvalue weighted by Gasteiger charge is -2.27. The third-order valence-corrected chi connectivity index (χ3v) is 9.37. The Kier molecular flexibility index (Phi) is 7.90. The largest absolute Gasteiger partial charge is 0.444 e. The maximum absolute atomic E-state index is 13.0. The maximum Gasteiger partial charge on any atom is 0.410 e. The number of carbonyl (C=O) groups excluding carboxylic acids is 1. The van der Waals surface area contributed by atoms with E-state index in [1.807, 2.05) is 33.2 Å². The molecule has 238 valence electrons. The van der Waals surface area contributed by atoms with E-state index >= 15 is 0 Å².